The molecule has 1 saturated heterocycles. The van der Waals surface area contributed by atoms with Crippen LogP contribution in [0.1, 0.15) is 51.5 Å². The molecule has 3 aliphatic rings. The SMILES string of the molecule is COc1ccccc1CNC(=O)C[C@@H]1[C@H](O)CC[C@@H]2[C@]3(C)CO[C@@H](COc4ccccc4)O[C@@H]3CC[C@]21C. The van der Waals surface area contributed by atoms with Crippen LogP contribution in [0.4, 0.5) is 0 Å². The molecule has 0 aromatic heterocycles. The van der Waals surface area contributed by atoms with E-state index in [2.05, 4.69) is 19.2 Å². The minimum Gasteiger partial charge on any atom is -0.496 e. The van der Waals surface area contributed by atoms with Gasteiger partial charge in [-0.25, -0.2) is 0 Å². The van der Waals surface area contributed by atoms with Crippen LogP contribution in [-0.4, -0.2) is 49.8 Å². The smallest absolute Gasteiger partial charge is 0.220 e. The Kier molecular flexibility index (Phi) is 7.98. The van der Waals surface area contributed by atoms with Gasteiger partial charge in [-0.2, -0.15) is 0 Å². The third kappa shape index (κ3) is 5.29. The lowest BCUT2D eigenvalue weighted by atomic mass is 9.46. The number of para-hydroxylation sites is 2. The van der Waals surface area contributed by atoms with Crippen molar-refractivity contribution in [2.45, 2.75) is 71.0 Å². The molecular formula is C31H41NO6. The summed E-state index contributed by atoms with van der Waals surface area (Å²) in [4.78, 5) is 13.1. The minimum atomic E-state index is -0.495. The molecule has 5 rings (SSSR count). The molecule has 2 aliphatic carbocycles. The van der Waals surface area contributed by atoms with Crippen LogP contribution in [0.15, 0.2) is 54.6 Å². The number of carbonyl (C=O) groups is 1. The predicted octanol–water partition coefficient (Wildman–Crippen LogP) is 4.72. The van der Waals surface area contributed by atoms with E-state index < -0.39 is 12.4 Å². The molecule has 0 radical (unpaired) electrons. The molecule has 0 spiro atoms. The second-order valence-electron chi connectivity index (χ2n) is 11.6. The molecule has 2 aromatic rings. The highest BCUT2D eigenvalue weighted by Crippen LogP contribution is 2.62. The zero-order chi connectivity index (χ0) is 26.8. The highest BCUT2D eigenvalue weighted by Gasteiger charge is 2.61. The Morgan fingerprint density at radius 3 is 2.61 bits per heavy atom. The highest BCUT2D eigenvalue weighted by molar-refractivity contribution is 5.76. The quantitative estimate of drug-likeness (QED) is 0.521. The standard InChI is InChI=1S/C31H41NO6/c1-30-16-15-27-31(2,20-37-29(38-27)19-36-22-10-5-4-6-11-22)26(30)14-13-24(33)23(30)17-28(34)32-18-21-9-7-8-12-25(21)35-3/h4-12,23-24,26-27,29,33H,13-20H2,1-3H3,(H,32,34)/t23-,24-,26+,27-,29-,30+,31+/m1/s1. The number of aliphatic hydroxyl groups is 1. The monoisotopic (exact) mass is 523 g/mol. The van der Waals surface area contributed by atoms with Gasteiger partial charge in [0.2, 0.25) is 5.91 Å². The van der Waals surface area contributed by atoms with E-state index >= 15 is 0 Å². The summed E-state index contributed by atoms with van der Waals surface area (Å²) in [5.41, 5.74) is 0.583. The number of carbonyl (C=O) groups excluding carboxylic acids is 1. The number of hydrogen-bond donors (Lipinski definition) is 2. The Hall–Kier alpha value is -2.61. The number of hydrogen-bond acceptors (Lipinski definition) is 6. The Balaban J connectivity index is 1.23. The molecule has 7 heteroatoms. The van der Waals surface area contributed by atoms with Gasteiger partial charge in [0.05, 0.1) is 25.9 Å². The van der Waals surface area contributed by atoms with Crippen LogP contribution >= 0.6 is 0 Å². The van der Waals surface area contributed by atoms with Gasteiger partial charge in [0.15, 0.2) is 6.29 Å². The minimum absolute atomic E-state index is 0.0385. The molecule has 206 valence electrons. The predicted molar refractivity (Wildman–Crippen MR) is 144 cm³/mol. The molecule has 3 fully saturated rings. The van der Waals surface area contributed by atoms with Gasteiger partial charge in [0.25, 0.3) is 0 Å². The van der Waals surface area contributed by atoms with Crippen molar-refractivity contribution >= 4 is 5.91 Å². The number of ether oxygens (including phenoxy) is 4. The van der Waals surface area contributed by atoms with Crippen LogP contribution in [-0.2, 0) is 20.8 Å². The van der Waals surface area contributed by atoms with Crippen molar-refractivity contribution < 1.29 is 28.8 Å². The van der Waals surface area contributed by atoms with E-state index in [1.165, 1.54) is 0 Å². The molecule has 0 bridgehead atoms. The second kappa shape index (κ2) is 11.2. The molecule has 38 heavy (non-hydrogen) atoms. The summed E-state index contributed by atoms with van der Waals surface area (Å²) in [5.74, 6) is 1.70. The summed E-state index contributed by atoms with van der Waals surface area (Å²) in [7, 11) is 1.63. The molecule has 7 nitrogen and oxygen atoms in total. The van der Waals surface area contributed by atoms with Gasteiger partial charge < -0.3 is 29.4 Å². The van der Waals surface area contributed by atoms with Crippen molar-refractivity contribution in [1.82, 2.24) is 5.32 Å². The fourth-order valence-corrected chi connectivity index (χ4v) is 7.37. The van der Waals surface area contributed by atoms with Gasteiger partial charge in [0, 0.05) is 23.9 Å². The third-order valence-corrected chi connectivity index (χ3v) is 9.43. The van der Waals surface area contributed by atoms with Crippen molar-refractivity contribution in [3.8, 4) is 11.5 Å². The largest absolute Gasteiger partial charge is 0.496 e. The maximum absolute atomic E-state index is 13.1. The first-order valence-corrected chi connectivity index (χ1v) is 13.8. The van der Waals surface area contributed by atoms with Crippen molar-refractivity contribution in [2.24, 2.45) is 22.7 Å². The topological polar surface area (TPSA) is 86.3 Å². The van der Waals surface area contributed by atoms with Crippen molar-refractivity contribution in [2.75, 3.05) is 20.3 Å². The van der Waals surface area contributed by atoms with Crippen LogP contribution < -0.4 is 14.8 Å². The number of fused-ring (bicyclic) bond motifs is 3. The van der Waals surface area contributed by atoms with Crippen LogP contribution in [0.3, 0.4) is 0 Å². The first-order chi connectivity index (χ1) is 18.3. The van der Waals surface area contributed by atoms with E-state index in [-0.39, 0.29) is 28.8 Å². The van der Waals surface area contributed by atoms with Gasteiger partial charge >= 0.3 is 0 Å². The van der Waals surface area contributed by atoms with E-state index in [0.29, 0.717) is 38.5 Å². The lowest BCUT2D eigenvalue weighted by Gasteiger charge is -2.62. The Morgan fingerprint density at radius 1 is 1.05 bits per heavy atom. The number of benzene rings is 2. The van der Waals surface area contributed by atoms with Crippen molar-refractivity contribution in [1.29, 1.82) is 0 Å². The zero-order valence-electron chi connectivity index (χ0n) is 22.7. The maximum atomic E-state index is 13.1. The van der Waals surface area contributed by atoms with Crippen LogP contribution in [0, 0.1) is 22.7 Å². The third-order valence-electron chi connectivity index (χ3n) is 9.43. The van der Waals surface area contributed by atoms with Crippen LogP contribution in [0.5, 0.6) is 11.5 Å². The molecule has 2 aromatic carbocycles. The van der Waals surface area contributed by atoms with Crippen LogP contribution in [0.25, 0.3) is 0 Å². The summed E-state index contributed by atoms with van der Waals surface area (Å²) < 4.78 is 24.0. The summed E-state index contributed by atoms with van der Waals surface area (Å²) in [6.45, 7) is 5.88. The Morgan fingerprint density at radius 2 is 1.82 bits per heavy atom. The van der Waals surface area contributed by atoms with Gasteiger partial charge in [-0.1, -0.05) is 50.2 Å². The van der Waals surface area contributed by atoms with E-state index in [1.807, 2.05) is 54.6 Å². The van der Waals surface area contributed by atoms with E-state index in [0.717, 1.165) is 36.3 Å². The zero-order valence-corrected chi connectivity index (χ0v) is 22.7. The summed E-state index contributed by atoms with van der Waals surface area (Å²) in [6.07, 6.45) is 2.85. The fourth-order valence-electron chi connectivity index (χ4n) is 7.37. The molecular weight excluding hydrogens is 482 g/mol. The lowest BCUT2D eigenvalue weighted by molar-refractivity contribution is -0.313. The number of aliphatic hydroxyl groups excluding tert-OH is 1. The van der Waals surface area contributed by atoms with E-state index in [1.54, 1.807) is 7.11 Å². The molecule has 0 unspecified atom stereocenters. The average Bonchev–Trinajstić information content (AvgIpc) is 2.93. The van der Waals surface area contributed by atoms with Gasteiger partial charge in [0.1, 0.15) is 18.1 Å². The highest BCUT2D eigenvalue weighted by atomic mass is 16.7. The average molecular weight is 524 g/mol. The molecule has 2 N–H and O–H groups in total. The summed E-state index contributed by atoms with van der Waals surface area (Å²) >= 11 is 0. The number of amides is 1. The summed E-state index contributed by atoms with van der Waals surface area (Å²) in [5, 5.41) is 14.2. The number of methoxy groups -OCH3 is 1. The lowest BCUT2D eigenvalue weighted by Crippen LogP contribution is -2.63. The molecule has 1 heterocycles. The second-order valence-corrected chi connectivity index (χ2v) is 11.6. The summed E-state index contributed by atoms with van der Waals surface area (Å²) in [6, 6.07) is 17.4. The van der Waals surface area contributed by atoms with E-state index in [9.17, 15) is 9.90 Å². The van der Waals surface area contributed by atoms with Gasteiger partial charge in [-0.3, -0.25) is 4.79 Å². The first kappa shape index (κ1) is 27.0. The van der Waals surface area contributed by atoms with Gasteiger partial charge in [-0.05, 0) is 61.1 Å². The van der Waals surface area contributed by atoms with E-state index in [4.69, 9.17) is 18.9 Å². The van der Waals surface area contributed by atoms with Crippen molar-refractivity contribution in [3.63, 3.8) is 0 Å². The molecule has 1 amide bonds. The maximum Gasteiger partial charge on any atom is 0.220 e. The van der Waals surface area contributed by atoms with Crippen molar-refractivity contribution in [3.05, 3.63) is 60.2 Å². The normalized spacial score (nSPS) is 34.5. The van der Waals surface area contributed by atoms with Gasteiger partial charge in [-0.15, -0.1) is 0 Å². The van der Waals surface area contributed by atoms with Crippen LogP contribution in [0.2, 0.25) is 0 Å². The molecule has 2 saturated carbocycles. The molecule has 7 atom stereocenters. The Bertz CT molecular complexity index is 1090. The first-order valence-electron chi connectivity index (χ1n) is 13.8. The molecule has 1 aliphatic heterocycles. The fraction of sp³-hybridized carbons (Fsp3) is 0.581. The number of rotatable bonds is 8. The Labute approximate surface area is 225 Å². The number of nitrogens with one attached hydrogen (secondary N) is 1.